The molecule has 0 aromatic carbocycles. The van der Waals surface area contributed by atoms with Gasteiger partial charge in [-0.15, -0.1) is 0 Å². The number of hydrogen-bond acceptors (Lipinski definition) is 6. The zero-order valence-corrected chi connectivity index (χ0v) is 22.4. The first-order valence-electron chi connectivity index (χ1n) is 12.5. The lowest BCUT2D eigenvalue weighted by molar-refractivity contribution is -0.0995. The van der Waals surface area contributed by atoms with Crippen LogP contribution in [0.3, 0.4) is 0 Å². The normalized spacial score (nSPS) is 25.4. The molecule has 1 amide bonds. The third-order valence-electron chi connectivity index (χ3n) is 6.42. The molecule has 0 spiro atoms. The first-order valence-corrected chi connectivity index (χ1v) is 14.1. The van der Waals surface area contributed by atoms with E-state index in [1.165, 1.54) is 6.42 Å². The Morgan fingerprint density at radius 2 is 1.82 bits per heavy atom. The van der Waals surface area contributed by atoms with Crippen LogP contribution >= 0.6 is 0 Å². The number of nitrogens with one attached hydrogen (secondary N) is 1. The molecular formula is C24H46N2O6S. The highest BCUT2D eigenvalue weighted by molar-refractivity contribution is 7.89. The van der Waals surface area contributed by atoms with E-state index in [0.717, 1.165) is 32.1 Å². The molecule has 0 aromatic rings. The lowest BCUT2D eigenvalue weighted by atomic mass is 9.83. The van der Waals surface area contributed by atoms with Crippen molar-refractivity contribution in [2.75, 3.05) is 12.3 Å². The Morgan fingerprint density at radius 3 is 2.36 bits per heavy atom. The monoisotopic (exact) mass is 490 g/mol. The summed E-state index contributed by atoms with van der Waals surface area (Å²) in [7, 11) is -3.69. The Hall–Kier alpha value is -0.900. The molecule has 1 aliphatic heterocycles. The third kappa shape index (κ3) is 8.67. The lowest BCUT2D eigenvalue weighted by Crippen LogP contribution is -2.52. The average molecular weight is 491 g/mol. The van der Waals surface area contributed by atoms with Gasteiger partial charge in [-0.1, -0.05) is 46.0 Å². The predicted molar refractivity (Wildman–Crippen MR) is 129 cm³/mol. The van der Waals surface area contributed by atoms with Gasteiger partial charge >= 0.3 is 6.09 Å². The molecule has 9 heteroatoms. The van der Waals surface area contributed by atoms with E-state index < -0.39 is 51.4 Å². The van der Waals surface area contributed by atoms with Crippen molar-refractivity contribution in [2.24, 2.45) is 11.8 Å². The van der Waals surface area contributed by atoms with E-state index in [9.17, 15) is 18.3 Å². The van der Waals surface area contributed by atoms with Crippen molar-refractivity contribution in [1.29, 1.82) is 0 Å². The van der Waals surface area contributed by atoms with E-state index in [-0.39, 0.29) is 0 Å². The predicted octanol–water partition coefficient (Wildman–Crippen LogP) is 4.02. The molecule has 0 bridgehead atoms. The molecule has 2 aliphatic rings. The number of carbonyl (C=O) groups is 1. The lowest BCUT2D eigenvalue weighted by Gasteiger charge is -2.37. The molecule has 8 nitrogen and oxygen atoms in total. The second-order valence-electron chi connectivity index (χ2n) is 11.6. The molecule has 1 aliphatic carbocycles. The second kappa shape index (κ2) is 11.2. The quantitative estimate of drug-likeness (QED) is 0.506. The topological polar surface area (TPSA) is 105 Å². The van der Waals surface area contributed by atoms with E-state index >= 15 is 0 Å². The van der Waals surface area contributed by atoms with Gasteiger partial charge in [-0.3, -0.25) is 4.90 Å². The summed E-state index contributed by atoms with van der Waals surface area (Å²) in [6.07, 6.45) is 4.45. The summed E-state index contributed by atoms with van der Waals surface area (Å²) in [6, 6.07) is -0.459. The molecule has 1 saturated heterocycles. The number of amides is 1. The molecule has 1 heterocycles. The summed E-state index contributed by atoms with van der Waals surface area (Å²) in [4.78, 5) is 14.8. The van der Waals surface area contributed by atoms with Crippen LogP contribution in [0, 0.1) is 11.8 Å². The first-order chi connectivity index (χ1) is 15.1. The molecular weight excluding hydrogens is 444 g/mol. The number of ether oxygens (including phenoxy) is 2. The minimum Gasteiger partial charge on any atom is -0.444 e. The maximum Gasteiger partial charge on any atom is 0.412 e. The second-order valence-corrected chi connectivity index (χ2v) is 13.5. The van der Waals surface area contributed by atoms with Crippen LogP contribution in [0.2, 0.25) is 0 Å². The van der Waals surface area contributed by atoms with E-state index in [1.54, 1.807) is 18.7 Å². The van der Waals surface area contributed by atoms with E-state index in [1.807, 2.05) is 34.6 Å². The van der Waals surface area contributed by atoms with Crippen molar-refractivity contribution in [2.45, 2.75) is 123 Å². The van der Waals surface area contributed by atoms with Gasteiger partial charge in [-0.05, 0) is 59.3 Å². The summed E-state index contributed by atoms with van der Waals surface area (Å²) in [6.45, 7) is 13.4. The number of rotatable bonds is 9. The standard InChI is InChI=1S/C24H46N2O6S/c1-17(2)13-14-25-33(29,30)16-20(27)21-19(15-18-11-9-8-10-12-18)26(24(6,7)31-21)22(28)32-23(3,4)5/h17-21,25,27H,8-16H2,1-7H3/t19-,20+,21+/m0/s1. The summed E-state index contributed by atoms with van der Waals surface area (Å²) in [5.41, 5.74) is -1.70. The highest BCUT2D eigenvalue weighted by atomic mass is 32.2. The molecule has 0 unspecified atom stereocenters. The fourth-order valence-electron chi connectivity index (χ4n) is 4.90. The minimum absolute atomic E-state index is 0.333. The van der Waals surface area contributed by atoms with E-state index in [0.29, 0.717) is 24.8 Å². The molecule has 194 valence electrons. The van der Waals surface area contributed by atoms with Gasteiger partial charge in [0, 0.05) is 6.54 Å². The van der Waals surface area contributed by atoms with Crippen molar-refractivity contribution >= 4 is 16.1 Å². The zero-order valence-electron chi connectivity index (χ0n) is 21.6. The van der Waals surface area contributed by atoms with Crippen molar-refractivity contribution in [3.63, 3.8) is 0 Å². The van der Waals surface area contributed by atoms with Crippen molar-refractivity contribution in [3.8, 4) is 0 Å². The Balaban J connectivity index is 2.23. The zero-order chi connectivity index (χ0) is 25.0. The SMILES string of the molecule is CC(C)CCNS(=O)(=O)C[C@@H](O)[C@@H]1OC(C)(C)N(C(=O)OC(C)(C)C)[C@H]1CC1CCCCC1. The number of nitrogens with zero attached hydrogens (tertiary/aromatic N) is 1. The highest BCUT2D eigenvalue weighted by Gasteiger charge is 2.54. The molecule has 0 radical (unpaired) electrons. The van der Waals surface area contributed by atoms with Gasteiger partial charge < -0.3 is 14.6 Å². The summed E-state index contributed by atoms with van der Waals surface area (Å²) >= 11 is 0. The summed E-state index contributed by atoms with van der Waals surface area (Å²) in [5, 5.41) is 11.0. The van der Waals surface area contributed by atoms with Gasteiger partial charge in [0.25, 0.3) is 0 Å². The van der Waals surface area contributed by atoms with Gasteiger partial charge in [0.05, 0.1) is 17.9 Å². The van der Waals surface area contributed by atoms with Crippen LogP contribution < -0.4 is 4.72 Å². The Morgan fingerprint density at radius 1 is 1.21 bits per heavy atom. The van der Waals surface area contributed by atoms with Crippen LogP contribution in [0.15, 0.2) is 0 Å². The van der Waals surface area contributed by atoms with Crippen LogP contribution in [0.4, 0.5) is 4.79 Å². The van der Waals surface area contributed by atoms with Crippen LogP contribution in [-0.2, 0) is 19.5 Å². The smallest absolute Gasteiger partial charge is 0.412 e. The molecule has 33 heavy (non-hydrogen) atoms. The molecule has 0 aromatic heterocycles. The van der Waals surface area contributed by atoms with Crippen LogP contribution in [-0.4, -0.2) is 66.4 Å². The van der Waals surface area contributed by atoms with Crippen molar-refractivity contribution in [3.05, 3.63) is 0 Å². The summed E-state index contributed by atoms with van der Waals surface area (Å²) < 4.78 is 39.7. The van der Waals surface area contributed by atoms with Gasteiger partial charge in [-0.2, -0.15) is 0 Å². The number of aliphatic hydroxyl groups excluding tert-OH is 1. The van der Waals surface area contributed by atoms with Crippen LogP contribution in [0.25, 0.3) is 0 Å². The molecule has 2 fully saturated rings. The number of aliphatic hydroxyl groups is 1. The Kier molecular flexibility index (Phi) is 9.64. The summed E-state index contributed by atoms with van der Waals surface area (Å²) in [5.74, 6) is 0.315. The van der Waals surface area contributed by atoms with Crippen LogP contribution in [0.1, 0.15) is 93.4 Å². The van der Waals surface area contributed by atoms with Crippen molar-refractivity contribution < 1.29 is 27.8 Å². The maximum absolute atomic E-state index is 13.2. The fourth-order valence-corrected chi connectivity index (χ4v) is 6.09. The largest absolute Gasteiger partial charge is 0.444 e. The van der Waals surface area contributed by atoms with Gasteiger partial charge in [0.2, 0.25) is 10.0 Å². The number of sulfonamides is 1. The minimum atomic E-state index is -3.69. The van der Waals surface area contributed by atoms with Gasteiger partial charge in [0.1, 0.15) is 17.4 Å². The third-order valence-corrected chi connectivity index (χ3v) is 7.84. The molecule has 3 atom stereocenters. The fraction of sp³-hybridized carbons (Fsp3) is 0.958. The maximum atomic E-state index is 13.2. The number of carbonyl (C=O) groups excluding carboxylic acids is 1. The molecule has 2 rings (SSSR count). The average Bonchev–Trinajstić information content (AvgIpc) is 2.90. The first kappa shape index (κ1) is 28.3. The highest BCUT2D eigenvalue weighted by Crippen LogP contribution is 2.40. The Labute approximate surface area is 200 Å². The van der Waals surface area contributed by atoms with Crippen molar-refractivity contribution in [1.82, 2.24) is 9.62 Å². The molecule has 2 N–H and O–H groups in total. The van der Waals surface area contributed by atoms with E-state index in [4.69, 9.17) is 9.47 Å². The van der Waals surface area contributed by atoms with E-state index in [2.05, 4.69) is 4.72 Å². The van der Waals surface area contributed by atoms with Crippen LogP contribution in [0.5, 0.6) is 0 Å². The Bertz CT molecular complexity index is 741. The number of hydrogen-bond donors (Lipinski definition) is 2. The molecule has 1 saturated carbocycles. The van der Waals surface area contributed by atoms with Gasteiger partial charge in [0.15, 0.2) is 0 Å². The van der Waals surface area contributed by atoms with Gasteiger partial charge in [-0.25, -0.2) is 17.9 Å².